The molecule has 3 aliphatic rings. The minimum atomic E-state index is -0.271. The van der Waals surface area contributed by atoms with E-state index in [1.807, 2.05) is 0 Å². The van der Waals surface area contributed by atoms with Crippen LogP contribution in [-0.4, -0.2) is 5.54 Å². The fourth-order valence-electron chi connectivity index (χ4n) is 3.07. The van der Waals surface area contributed by atoms with E-state index in [4.69, 9.17) is 17.3 Å². The van der Waals surface area contributed by atoms with E-state index in [2.05, 4.69) is 0 Å². The van der Waals surface area contributed by atoms with Crippen molar-refractivity contribution < 1.29 is 4.39 Å². The van der Waals surface area contributed by atoms with Crippen molar-refractivity contribution in [1.82, 2.24) is 0 Å². The number of hydrogen-bond donors (Lipinski definition) is 1. The van der Waals surface area contributed by atoms with Gasteiger partial charge in [-0.3, -0.25) is 0 Å². The van der Waals surface area contributed by atoms with Crippen LogP contribution in [0.3, 0.4) is 0 Å². The molecule has 0 aliphatic heterocycles. The van der Waals surface area contributed by atoms with E-state index in [-0.39, 0.29) is 16.8 Å². The van der Waals surface area contributed by atoms with E-state index in [1.165, 1.54) is 12.1 Å². The number of benzene rings is 1. The second-order valence-electron chi connectivity index (χ2n) is 4.80. The second kappa shape index (κ2) is 2.31. The van der Waals surface area contributed by atoms with Gasteiger partial charge in [-0.2, -0.15) is 0 Å². The monoisotopic (exact) mass is 211 g/mol. The summed E-state index contributed by atoms with van der Waals surface area (Å²) < 4.78 is 12.8. The summed E-state index contributed by atoms with van der Waals surface area (Å²) in [6.07, 6.45) is 3.02. The van der Waals surface area contributed by atoms with Crippen LogP contribution in [0.1, 0.15) is 24.8 Å². The van der Waals surface area contributed by atoms with Crippen molar-refractivity contribution in [1.29, 1.82) is 0 Å². The Labute approximate surface area is 87.1 Å². The molecule has 3 saturated carbocycles. The summed E-state index contributed by atoms with van der Waals surface area (Å²) >= 11 is 6.02. The van der Waals surface area contributed by atoms with Crippen LogP contribution in [0.15, 0.2) is 18.2 Å². The standard InChI is InChI=1S/C11H11ClFN/c12-9-3-7(13)1-2-8(9)10-4-11(14,5-10)6-10/h1-3H,4-6,14H2. The summed E-state index contributed by atoms with van der Waals surface area (Å²) in [5.74, 6) is -0.271. The second-order valence-corrected chi connectivity index (χ2v) is 5.20. The molecule has 4 rings (SSSR count). The molecule has 3 fully saturated rings. The molecule has 3 heteroatoms. The van der Waals surface area contributed by atoms with E-state index >= 15 is 0 Å². The quantitative estimate of drug-likeness (QED) is 0.759. The Morgan fingerprint density at radius 2 is 1.93 bits per heavy atom. The lowest BCUT2D eigenvalue weighted by molar-refractivity contribution is -0.0589. The van der Waals surface area contributed by atoms with Gasteiger partial charge in [0.15, 0.2) is 0 Å². The molecule has 0 amide bonds. The van der Waals surface area contributed by atoms with Crippen LogP contribution in [-0.2, 0) is 5.41 Å². The Kier molecular flexibility index (Phi) is 1.43. The van der Waals surface area contributed by atoms with E-state index < -0.39 is 0 Å². The molecule has 2 N–H and O–H groups in total. The van der Waals surface area contributed by atoms with Crippen LogP contribution in [0.5, 0.6) is 0 Å². The maximum atomic E-state index is 12.8. The van der Waals surface area contributed by atoms with Crippen molar-refractivity contribution in [3.05, 3.63) is 34.6 Å². The molecule has 0 aromatic heterocycles. The van der Waals surface area contributed by atoms with Gasteiger partial charge in [-0.05, 0) is 37.0 Å². The SMILES string of the molecule is NC12CC(c3ccc(F)cc3Cl)(C1)C2. The van der Waals surface area contributed by atoms with Crippen LogP contribution in [0.4, 0.5) is 4.39 Å². The predicted molar refractivity (Wildman–Crippen MR) is 53.9 cm³/mol. The Bertz CT molecular complexity index is 396. The van der Waals surface area contributed by atoms with Gasteiger partial charge in [-0.15, -0.1) is 0 Å². The lowest BCUT2D eigenvalue weighted by Gasteiger charge is -2.69. The first-order chi connectivity index (χ1) is 6.53. The van der Waals surface area contributed by atoms with Crippen molar-refractivity contribution in [2.45, 2.75) is 30.2 Å². The molecule has 3 aliphatic carbocycles. The molecule has 74 valence electrons. The molecule has 0 radical (unpaired) electrons. The molecule has 0 atom stereocenters. The van der Waals surface area contributed by atoms with Gasteiger partial charge in [-0.1, -0.05) is 17.7 Å². The van der Waals surface area contributed by atoms with Crippen molar-refractivity contribution in [2.75, 3.05) is 0 Å². The third kappa shape index (κ3) is 0.931. The van der Waals surface area contributed by atoms with Crippen molar-refractivity contribution in [3.63, 3.8) is 0 Å². The highest BCUT2D eigenvalue weighted by Crippen LogP contribution is 2.67. The largest absolute Gasteiger partial charge is 0.325 e. The average Bonchev–Trinajstić information content (AvgIpc) is 1.98. The van der Waals surface area contributed by atoms with Gasteiger partial charge in [0.1, 0.15) is 5.82 Å². The van der Waals surface area contributed by atoms with Crippen LogP contribution >= 0.6 is 11.6 Å². The molecule has 0 spiro atoms. The molecule has 14 heavy (non-hydrogen) atoms. The van der Waals surface area contributed by atoms with Crippen molar-refractivity contribution in [3.8, 4) is 0 Å². The van der Waals surface area contributed by atoms with Crippen LogP contribution in [0, 0.1) is 5.82 Å². The molecule has 1 nitrogen and oxygen atoms in total. The van der Waals surface area contributed by atoms with Gasteiger partial charge in [-0.25, -0.2) is 4.39 Å². The fraction of sp³-hybridized carbons (Fsp3) is 0.455. The molecule has 0 unspecified atom stereocenters. The fourth-order valence-corrected chi connectivity index (χ4v) is 3.44. The maximum absolute atomic E-state index is 12.8. The van der Waals surface area contributed by atoms with E-state index in [0.29, 0.717) is 5.02 Å². The van der Waals surface area contributed by atoms with E-state index in [1.54, 1.807) is 6.07 Å². The van der Waals surface area contributed by atoms with Crippen LogP contribution in [0.2, 0.25) is 5.02 Å². The smallest absolute Gasteiger partial charge is 0.124 e. The van der Waals surface area contributed by atoms with Gasteiger partial charge < -0.3 is 5.73 Å². The molecule has 1 aromatic rings. The average molecular weight is 212 g/mol. The van der Waals surface area contributed by atoms with Crippen LogP contribution in [0.25, 0.3) is 0 Å². The number of halogens is 2. The number of nitrogens with two attached hydrogens (primary N) is 1. The Morgan fingerprint density at radius 1 is 1.29 bits per heavy atom. The van der Waals surface area contributed by atoms with Gasteiger partial charge in [0.05, 0.1) is 0 Å². The molecule has 1 aromatic carbocycles. The molecule has 0 heterocycles. The summed E-state index contributed by atoms with van der Waals surface area (Å²) in [4.78, 5) is 0. The summed E-state index contributed by atoms with van der Waals surface area (Å²) in [6, 6.07) is 4.67. The third-order valence-corrected chi connectivity index (χ3v) is 3.89. The van der Waals surface area contributed by atoms with Crippen molar-refractivity contribution in [2.24, 2.45) is 5.73 Å². The van der Waals surface area contributed by atoms with Gasteiger partial charge >= 0.3 is 0 Å². The number of rotatable bonds is 1. The minimum absolute atomic E-state index is 0.0672. The molecular weight excluding hydrogens is 201 g/mol. The first kappa shape index (κ1) is 8.69. The van der Waals surface area contributed by atoms with Gasteiger partial charge in [0.2, 0.25) is 0 Å². The topological polar surface area (TPSA) is 26.0 Å². The zero-order chi connectivity index (χ0) is 9.97. The normalized spacial score (nSPS) is 38.8. The highest BCUT2D eigenvalue weighted by Gasteiger charge is 2.66. The van der Waals surface area contributed by atoms with E-state index in [0.717, 1.165) is 24.8 Å². The zero-order valence-corrected chi connectivity index (χ0v) is 8.44. The molecule has 2 bridgehead atoms. The lowest BCUT2D eigenvalue weighted by Crippen LogP contribution is -2.74. The molecule has 0 saturated heterocycles. The summed E-state index contributed by atoms with van der Waals surface area (Å²) in [5.41, 5.74) is 7.30. The van der Waals surface area contributed by atoms with Gasteiger partial charge in [0, 0.05) is 16.0 Å². The lowest BCUT2D eigenvalue weighted by atomic mass is 9.38. The molecular formula is C11H11ClFN. The highest BCUT2D eigenvalue weighted by atomic mass is 35.5. The first-order valence-corrected chi connectivity index (χ1v) is 5.15. The van der Waals surface area contributed by atoms with Crippen molar-refractivity contribution >= 4 is 11.6 Å². The third-order valence-electron chi connectivity index (χ3n) is 3.57. The highest BCUT2D eigenvalue weighted by molar-refractivity contribution is 6.31. The maximum Gasteiger partial charge on any atom is 0.124 e. The zero-order valence-electron chi connectivity index (χ0n) is 7.69. The number of hydrogen-bond acceptors (Lipinski definition) is 1. The Balaban J connectivity index is 1.99. The Hall–Kier alpha value is -0.600. The minimum Gasteiger partial charge on any atom is -0.325 e. The summed E-state index contributed by atoms with van der Waals surface area (Å²) in [7, 11) is 0. The predicted octanol–water partition coefficient (Wildman–Crippen LogP) is 2.61. The van der Waals surface area contributed by atoms with Gasteiger partial charge in [0.25, 0.3) is 0 Å². The Morgan fingerprint density at radius 3 is 2.43 bits per heavy atom. The van der Waals surface area contributed by atoms with E-state index in [9.17, 15) is 4.39 Å². The van der Waals surface area contributed by atoms with Crippen LogP contribution < -0.4 is 5.73 Å². The summed E-state index contributed by atoms with van der Waals surface area (Å²) in [5, 5.41) is 0.548. The summed E-state index contributed by atoms with van der Waals surface area (Å²) in [6.45, 7) is 0. The first-order valence-electron chi connectivity index (χ1n) is 4.78.